The maximum Gasteiger partial charge on any atom is 0.220 e. The van der Waals surface area contributed by atoms with Gasteiger partial charge in [-0.2, -0.15) is 0 Å². The Kier molecular flexibility index (Phi) is 28.5. The molecule has 1 saturated heterocycles. The summed E-state index contributed by atoms with van der Waals surface area (Å²) in [5.41, 5.74) is 0. The van der Waals surface area contributed by atoms with Crippen molar-refractivity contribution in [3.8, 4) is 0 Å². The molecule has 0 aromatic rings. The van der Waals surface area contributed by atoms with Crippen molar-refractivity contribution in [2.24, 2.45) is 0 Å². The molecule has 0 spiro atoms. The van der Waals surface area contributed by atoms with Crippen molar-refractivity contribution in [2.75, 3.05) is 13.2 Å². The van der Waals surface area contributed by atoms with E-state index in [4.69, 9.17) is 9.47 Å². The topological polar surface area (TPSA) is 149 Å². The standard InChI is InChI=1S/C40H71NO8/c1-3-5-7-9-11-13-15-16-17-18-20-22-24-26-28-30-36(44)41-33(32-48-40-39(47)38(46)37(45)35(31-42)49-40)34(43)29-27-25-23-21-19-14-12-10-8-6-4-2/h11,13,15-16,19,21,27,29,33-35,37-40,42-43,45-47H,3-10,12,14,17-18,20,22-26,28,30-32H2,1-2H3,(H,41,44)/b13-11-,16-15-,21-19+,29-27+. The van der Waals surface area contributed by atoms with E-state index in [-0.39, 0.29) is 12.5 Å². The second-order valence-corrected chi connectivity index (χ2v) is 13.4. The normalized spacial score (nSPS) is 23.0. The average Bonchev–Trinajstić information content (AvgIpc) is 3.10. The first kappa shape index (κ1) is 45.2. The molecule has 0 saturated carbocycles. The van der Waals surface area contributed by atoms with Crippen LogP contribution < -0.4 is 5.32 Å². The lowest BCUT2D eigenvalue weighted by Crippen LogP contribution is -2.60. The lowest BCUT2D eigenvalue weighted by Gasteiger charge is -2.40. The summed E-state index contributed by atoms with van der Waals surface area (Å²) in [5, 5.41) is 53.8. The number of rotatable bonds is 30. The van der Waals surface area contributed by atoms with Crippen molar-refractivity contribution in [3.63, 3.8) is 0 Å². The second-order valence-electron chi connectivity index (χ2n) is 13.4. The number of nitrogens with one attached hydrogen (secondary N) is 1. The van der Waals surface area contributed by atoms with Gasteiger partial charge < -0.3 is 40.3 Å². The Balaban J connectivity index is 2.48. The van der Waals surface area contributed by atoms with E-state index < -0.39 is 49.5 Å². The van der Waals surface area contributed by atoms with E-state index in [9.17, 15) is 30.3 Å². The van der Waals surface area contributed by atoms with Crippen molar-refractivity contribution >= 4 is 5.91 Å². The summed E-state index contributed by atoms with van der Waals surface area (Å²) in [5.74, 6) is -0.204. The van der Waals surface area contributed by atoms with Crippen LogP contribution in [0.5, 0.6) is 0 Å². The highest BCUT2D eigenvalue weighted by Gasteiger charge is 2.44. The van der Waals surface area contributed by atoms with Gasteiger partial charge in [-0.15, -0.1) is 0 Å². The largest absolute Gasteiger partial charge is 0.394 e. The predicted molar refractivity (Wildman–Crippen MR) is 198 cm³/mol. The monoisotopic (exact) mass is 694 g/mol. The third kappa shape index (κ3) is 22.6. The zero-order valence-corrected chi connectivity index (χ0v) is 30.7. The van der Waals surface area contributed by atoms with Gasteiger partial charge in [-0.1, -0.05) is 127 Å². The van der Waals surface area contributed by atoms with Crippen LogP contribution in [0.3, 0.4) is 0 Å². The predicted octanol–water partition coefficient (Wildman–Crippen LogP) is 6.72. The van der Waals surface area contributed by atoms with Crippen molar-refractivity contribution < 1.29 is 39.8 Å². The van der Waals surface area contributed by atoms with Gasteiger partial charge in [0, 0.05) is 6.42 Å². The first-order valence-corrected chi connectivity index (χ1v) is 19.4. The molecule has 0 aromatic carbocycles. The molecule has 0 aliphatic carbocycles. The number of ether oxygens (including phenoxy) is 2. The number of aliphatic hydroxyl groups is 5. The van der Waals surface area contributed by atoms with Gasteiger partial charge in [0.1, 0.15) is 24.4 Å². The zero-order valence-electron chi connectivity index (χ0n) is 30.7. The fraction of sp³-hybridized carbons (Fsp3) is 0.775. The minimum absolute atomic E-state index is 0.204. The SMILES string of the molecule is CCCCC/C=C\C=C/CCCCCCCCC(=O)NC(COC1OC(CO)C(O)C(O)C1O)C(O)/C=C/CC/C=C/CCCCCCC. The Morgan fingerprint density at radius 2 is 1.22 bits per heavy atom. The molecule has 1 aliphatic rings. The van der Waals surface area contributed by atoms with E-state index >= 15 is 0 Å². The minimum Gasteiger partial charge on any atom is -0.394 e. The summed E-state index contributed by atoms with van der Waals surface area (Å²) in [6.45, 7) is 3.66. The summed E-state index contributed by atoms with van der Waals surface area (Å²) in [6.07, 6.45) is 30.1. The highest BCUT2D eigenvalue weighted by atomic mass is 16.7. The van der Waals surface area contributed by atoms with Crippen molar-refractivity contribution in [1.29, 1.82) is 0 Å². The molecule has 284 valence electrons. The number of aliphatic hydroxyl groups excluding tert-OH is 5. The van der Waals surface area contributed by atoms with Crippen LogP contribution in [0.2, 0.25) is 0 Å². The van der Waals surface area contributed by atoms with E-state index in [1.807, 2.05) is 6.08 Å². The smallest absolute Gasteiger partial charge is 0.220 e. The van der Waals surface area contributed by atoms with Gasteiger partial charge >= 0.3 is 0 Å². The van der Waals surface area contributed by atoms with E-state index in [0.717, 1.165) is 64.2 Å². The molecular formula is C40H71NO8. The minimum atomic E-state index is -1.57. The van der Waals surface area contributed by atoms with Crippen LogP contribution >= 0.6 is 0 Å². The first-order valence-electron chi connectivity index (χ1n) is 19.4. The van der Waals surface area contributed by atoms with Gasteiger partial charge in [0.05, 0.1) is 25.4 Å². The fourth-order valence-corrected chi connectivity index (χ4v) is 5.69. The highest BCUT2D eigenvalue weighted by molar-refractivity contribution is 5.76. The molecule has 49 heavy (non-hydrogen) atoms. The number of allylic oxidation sites excluding steroid dienone is 7. The zero-order chi connectivity index (χ0) is 36.0. The van der Waals surface area contributed by atoms with E-state index in [2.05, 4.69) is 55.6 Å². The van der Waals surface area contributed by atoms with Crippen LogP contribution in [0.1, 0.15) is 142 Å². The molecule has 0 radical (unpaired) electrons. The van der Waals surface area contributed by atoms with Crippen LogP contribution in [0.15, 0.2) is 48.6 Å². The molecule has 0 bridgehead atoms. The number of hydrogen-bond donors (Lipinski definition) is 6. The summed E-state index contributed by atoms with van der Waals surface area (Å²) in [7, 11) is 0. The Morgan fingerprint density at radius 1 is 0.694 bits per heavy atom. The Hall–Kier alpha value is -1.85. The molecule has 9 nitrogen and oxygen atoms in total. The molecule has 1 rings (SSSR count). The molecule has 7 unspecified atom stereocenters. The summed E-state index contributed by atoms with van der Waals surface area (Å²) < 4.78 is 11.1. The van der Waals surface area contributed by atoms with Crippen molar-refractivity contribution in [2.45, 2.75) is 185 Å². The molecule has 9 heteroatoms. The lowest BCUT2D eigenvalue weighted by atomic mass is 9.99. The summed E-state index contributed by atoms with van der Waals surface area (Å²) in [4.78, 5) is 12.8. The number of unbranched alkanes of at least 4 members (excludes halogenated alkanes) is 15. The second kappa shape index (κ2) is 30.9. The van der Waals surface area contributed by atoms with Crippen LogP contribution in [0.25, 0.3) is 0 Å². The average molecular weight is 694 g/mol. The maximum absolute atomic E-state index is 12.8. The quantitative estimate of drug-likeness (QED) is 0.0276. The Morgan fingerprint density at radius 3 is 1.88 bits per heavy atom. The van der Waals surface area contributed by atoms with Gasteiger partial charge in [0.2, 0.25) is 5.91 Å². The van der Waals surface area contributed by atoms with E-state index in [0.29, 0.717) is 6.42 Å². The summed E-state index contributed by atoms with van der Waals surface area (Å²) in [6, 6.07) is -0.825. The molecule has 0 aromatic heterocycles. The maximum atomic E-state index is 12.8. The number of amides is 1. The number of carbonyl (C=O) groups excluding carboxylic acids is 1. The van der Waals surface area contributed by atoms with Crippen LogP contribution in [0, 0.1) is 0 Å². The van der Waals surface area contributed by atoms with Gasteiger partial charge in [-0.3, -0.25) is 4.79 Å². The van der Waals surface area contributed by atoms with Crippen molar-refractivity contribution in [3.05, 3.63) is 48.6 Å². The van der Waals surface area contributed by atoms with Crippen LogP contribution in [-0.4, -0.2) is 87.5 Å². The molecule has 6 N–H and O–H groups in total. The first-order chi connectivity index (χ1) is 23.8. The molecule has 1 fully saturated rings. The molecular weight excluding hydrogens is 622 g/mol. The lowest BCUT2D eigenvalue weighted by molar-refractivity contribution is -0.302. The summed E-state index contributed by atoms with van der Waals surface area (Å²) >= 11 is 0. The number of hydrogen-bond acceptors (Lipinski definition) is 8. The van der Waals surface area contributed by atoms with E-state index in [1.54, 1.807) is 6.08 Å². The molecule has 1 heterocycles. The van der Waals surface area contributed by atoms with Gasteiger partial charge in [-0.05, 0) is 57.8 Å². The van der Waals surface area contributed by atoms with Crippen LogP contribution in [0.4, 0.5) is 0 Å². The Bertz CT molecular complexity index is 905. The molecule has 7 atom stereocenters. The number of carbonyl (C=O) groups is 1. The van der Waals surface area contributed by atoms with Gasteiger partial charge in [-0.25, -0.2) is 0 Å². The third-order valence-corrected chi connectivity index (χ3v) is 8.90. The molecule has 1 aliphatic heterocycles. The molecule has 1 amide bonds. The van der Waals surface area contributed by atoms with Crippen LogP contribution in [-0.2, 0) is 14.3 Å². The Labute approximate surface area is 297 Å². The van der Waals surface area contributed by atoms with E-state index in [1.165, 1.54) is 57.8 Å². The fourth-order valence-electron chi connectivity index (χ4n) is 5.69. The van der Waals surface area contributed by atoms with Gasteiger partial charge in [0.15, 0.2) is 6.29 Å². The van der Waals surface area contributed by atoms with Gasteiger partial charge in [0.25, 0.3) is 0 Å². The van der Waals surface area contributed by atoms with Crippen molar-refractivity contribution in [1.82, 2.24) is 5.32 Å². The third-order valence-electron chi connectivity index (χ3n) is 8.90. The highest BCUT2D eigenvalue weighted by Crippen LogP contribution is 2.22.